The summed E-state index contributed by atoms with van der Waals surface area (Å²) in [6, 6.07) is 2.91. The highest BCUT2D eigenvalue weighted by molar-refractivity contribution is 5.99. The van der Waals surface area contributed by atoms with E-state index in [1.165, 1.54) is 6.07 Å². The van der Waals surface area contributed by atoms with E-state index in [4.69, 9.17) is 0 Å². The molecule has 1 aromatic carbocycles. The fraction of sp³-hybridized carbons (Fsp3) is 0.333. The summed E-state index contributed by atoms with van der Waals surface area (Å²) in [5.41, 5.74) is 1.29. The van der Waals surface area contributed by atoms with E-state index in [1.54, 1.807) is 19.1 Å². The highest BCUT2D eigenvalue weighted by Crippen LogP contribution is 2.25. The van der Waals surface area contributed by atoms with Crippen LogP contribution in [0.15, 0.2) is 23.2 Å². The van der Waals surface area contributed by atoms with Gasteiger partial charge in [-0.15, -0.1) is 0 Å². The van der Waals surface area contributed by atoms with E-state index in [9.17, 15) is 14.9 Å². The molecule has 0 atom stereocenters. The van der Waals surface area contributed by atoms with Crippen LogP contribution >= 0.6 is 0 Å². The Hall–Kier alpha value is -2.30. The zero-order valence-corrected chi connectivity index (χ0v) is 11.8. The van der Waals surface area contributed by atoms with Crippen molar-refractivity contribution in [3.05, 3.63) is 45.0 Å². The van der Waals surface area contributed by atoms with Crippen LogP contribution in [0.3, 0.4) is 0 Å². The van der Waals surface area contributed by atoms with Gasteiger partial charge in [0, 0.05) is 6.07 Å². The summed E-state index contributed by atoms with van der Waals surface area (Å²) in [6.07, 6.45) is 6.64. The molecule has 0 N–H and O–H groups in total. The summed E-state index contributed by atoms with van der Waals surface area (Å²) in [5.74, 6) is -0.549. The van der Waals surface area contributed by atoms with Gasteiger partial charge in [-0.25, -0.2) is 4.99 Å². The Bertz CT molecular complexity index is 562. The lowest BCUT2D eigenvalue weighted by molar-refractivity contribution is -0.385. The minimum Gasteiger partial charge on any atom is -0.267 e. The molecule has 0 heterocycles. The lowest BCUT2D eigenvalue weighted by Gasteiger charge is -2.04. The molecule has 5 heteroatoms. The second kappa shape index (κ2) is 7.33. The number of carbonyl (C=O) groups is 1. The fourth-order valence-corrected chi connectivity index (χ4v) is 1.86. The molecule has 20 heavy (non-hydrogen) atoms. The minimum absolute atomic E-state index is 0.0876. The molecule has 0 aliphatic rings. The molecule has 0 fully saturated rings. The first-order chi connectivity index (χ1) is 9.51. The summed E-state index contributed by atoms with van der Waals surface area (Å²) in [5, 5.41) is 11.1. The minimum atomic E-state index is -0.549. The van der Waals surface area contributed by atoms with E-state index in [0.717, 1.165) is 19.3 Å². The van der Waals surface area contributed by atoms with Gasteiger partial charge in [0.05, 0.1) is 16.1 Å². The molecule has 0 aliphatic carbocycles. The molecule has 1 rings (SSSR count). The van der Waals surface area contributed by atoms with Crippen molar-refractivity contribution in [3.63, 3.8) is 0 Å². The summed E-state index contributed by atoms with van der Waals surface area (Å²) < 4.78 is 0. The van der Waals surface area contributed by atoms with Crippen LogP contribution in [0, 0.1) is 17.0 Å². The molecule has 0 aliphatic heterocycles. The maximum absolute atomic E-state index is 11.5. The van der Waals surface area contributed by atoms with Gasteiger partial charge in [-0.05, 0) is 31.7 Å². The number of amides is 1. The van der Waals surface area contributed by atoms with Gasteiger partial charge in [-0.2, -0.15) is 0 Å². The summed E-state index contributed by atoms with van der Waals surface area (Å²) in [4.78, 5) is 25.5. The Morgan fingerprint density at radius 1 is 1.50 bits per heavy atom. The second-order valence-electron chi connectivity index (χ2n) is 4.49. The topological polar surface area (TPSA) is 72.6 Å². The average molecular weight is 274 g/mol. The average Bonchev–Trinajstić information content (AvgIpc) is 2.42. The maximum Gasteiger partial charge on any atom is 0.277 e. The lowest BCUT2D eigenvalue weighted by Crippen LogP contribution is -2.01. The molecule has 0 saturated carbocycles. The standard InChI is InChI=1S/C15H18N2O3/c1-4-5-6-7-8-12-9-11(2)13(15(18)16-3)10-14(12)17(19)20/h7-10H,3-6H2,1-2H3. The van der Waals surface area contributed by atoms with Crippen molar-refractivity contribution >= 4 is 24.4 Å². The van der Waals surface area contributed by atoms with E-state index in [1.807, 2.05) is 6.08 Å². The predicted octanol–water partition coefficient (Wildman–Crippen LogP) is 3.95. The number of aryl methyl sites for hydroxylation is 1. The van der Waals surface area contributed by atoms with E-state index in [2.05, 4.69) is 18.6 Å². The highest BCUT2D eigenvalue weighted by atomic mass is 16.6. The first-order valence-corrected chi connectivity index (χ1v) is 6.47. The van der Waals surface area contributed by atoms with Gasteiger partial charge in [0.15, 0.2) is 0 Å². The van der Waals surface area contributed by atoms with Crippen LogP contribution in [0.4, 0.5) is 5.69 Å². The number of unbranched alkanes of at least 4 members (excludes halogenated alkanes) is 2. The van der Waals surface area contributed by atoms with Gasteiger partial charge in [0.25, 0.3) is 11.6 Å². The number of rotatable bonds is 6. The SMILES string of the molecule is C=NC(=O)c1cc([N+](=O)[O-])c(C=CCCCC)cc1C. The number of hydrogen-bond donors (Lipinski definition) is 0. The summed E-state index contributed by atoms with van der Waals surface area (Å²) >= 11 is 0. The van der Waals surface area contributed by atoms with Crippen LogP contribution in [0.25, 0.3) is 6.08 Å². The van der Waals surface area contributed by atoms with Gasteiger partial charge < -0.3 is 0 Å². The van der Waals surface area contributed by atoms with Crippen molar-refractivity contribution in [1.29, 1.82) is 0 Å². The van der Waals surface area contributed by atoms with E-state index < -0.39 is 10.8 Å². The van der Waals surface area contributed by atoms with Gasteiger partial charge in [0.2, 0.25) is 0 Å². The van der Waals surface area contributed by atoms with Crippen LogP contribution < -0.4 is 0 Å². The maximum atomic E-state index is 11.5. The molecule has 0 aromatic heterocycles. The van der Waals surface area contributed by atoms with E-state index in [0.29, 0.717) is 11.1 Å². The molecule has 0 bridgehead atoms. The lowest BCUT2D eigenvalue weighted by atomic mass is 10.0. The van der Waals surface area contributed by atoms with Gasteiger partial charge >= 0.3 is 0 Å². The third-order valence-corrected chi connectivity index (χ3v) is 2.97. The molecule has 1 amide bonds. The molecule has 0 spiro atoms. The van der Waals surface area contributed by atoms with Crippen molar-refractivity contribution in [2.24, 2.45) is 4.99 Å². The quantitative estimate of drug-likeness (QED) is 0.341. The number of benzene rings is 1. The molecular weight excluding hydrogens is 256 g/mol. The monoisotopic (exact) mass is 274 g/mol. The summed E-state index contributed by atoms with van der Waals surface area (Å²) in [7, 11) is 0. The first kappa shape index (κ1) is 15.8. The predicted molar refractivity (Wildman–Crippen MR) is 80.3 cm³/mol. The van der Waals surface area contributed by atoms with Crippen molar-refractivity contribution in [2.45, 2.75) is 33.1 Å². The van der Waals surface area contributed by atoms with Crippen molar-refractivity contribution < 1.29 is 9.72 Å². The molecular formula is C15H18N2O3. The number of nitro benzene ring substituents is 1. The van der Waals surface area contributed by atoms with Gasteiger partial charge in [0.1, 0.15) is 0 Å². The number of nitrogens with zero attached hydrogens (tertiary/aromatic N) is 2. The zero-order valence-electron chi connectivity index (χ0n) is 11.8. The van der Waals surface area contributed by atoms with Crippen LogP contribution in [-0.2, 0) is 0 Å². The third-order valence-electron chi connectivity index (χ3n) is 2.97. The molecule has 1 aromatic rings. The molecule has 106 valence electrons. The van der Waals surface area contributed by atoms with Gasteiger partial charge in [-0.3, -0.25) is 14.9 Å². The number of allylic oxidation sites excluding steroid dienone is 1. The number of carbonyl (C=O) groups excluding carboxylic acids is 1. The van der Waals surface area contributed by atoms with Crippen LogP contribution in [-0.4, -0.2) is 17.5 Å². The van der Waals surface area contributed by atoms with E-state index in [-0.39, 0.29) is 11.3 Å². The third kappa shape index (κ3) is 3.85. The first-order valence-electron chi connectivity index (χ1n) is 6.47. The number of aliphatic imine (C=N–C) groups is 1. The highest BCUT2D eigenvalue weighted by Gasteiger charge is 2.18. The molecule has 5 nitrogen and oxygen atoms in total. The van der Waals surface area contributed by atoms with E-state index >= 15 is 0 Å². The summed E-state index contributed by atoms with van der Waals surface area (Å²) in [6.45, 7) is 6.98. The Labute approximate surface area is 118 Å². The normalized spacial score (nSPS) is 10.7. The van der Waals surface area contributed by atoms with Crippen LogP contribution in [0.2, 0.25) is 0 Å². The van der Waals surface area contributed by atoms with Crippen LogP contribution in [0.1, 0.15) is 47.7 Å². The zero-order chi connectivity index (χ0) is 15.1. The molecule has 0 radical (unpaired) electrons. The van der Waals surface area contributed by atoms with Crippen molar-refractivity contribution in [3.8, 4) is 0 Å². The molecule has 0 saturated heterocycles. The number of hydrogen-bond acceptors (Lipinski definition) is 3. The van der Waals surface area contributed by atoms with Gasteiger partial charge in [-0.1, -0.05) is 31.9 Å². The Kier molecular flexibility index (Phi) is 5.77. The fourth-order valence-electron chi connectivity index (χ4n) is 1.86. The molecule has 0 unspecified atom stereocenters. The van der Waals surface area contributed by atoms with Crippen molar-refractivity contribution in [1.82, 2.24) is 0 Å². The largest absolute Gasteiger partial charge is 0.277 e. The Morgan fingerprint density at radius 3 is 2.75 bits per heavy atom. The van der Waals surface area contributed by atoms with Crippen LogP contribution in [0.5, 0.6) is 0 Å². The second-order valence-corrected chi connectivity index (χ2v) is 4.49. The Morgan fingerprint density at radius 2 is 2.20 bits per heavy atom. The smallest absolute Gasteiger partial charge is 0.267 e. The van der Waals surface area contributed by atoms with Crippen molar-refractivity contribution in [2.75, 3.05) is 0 Å². The Balaban J connectivity index is 3.21. The number of nitro groups is 1.